The zero-order valence-electron chi connectivity index (χ0n) is 23.1. The third kappa shape index (κ3) is 7.60. The zero-order chi connectivity index (χ0) is 28.6. The molecular weight excluding hydrogens is 514 g/mol. The van der Waals surface area contributed by atoms with Crippen LogP contribution in [0.2, 0.25) is 0 Å². The van der Waals surface area contributed by atoms with E-state index in [-0.39, 0.29) is 23.4 Å². The smallest absolute Gasteiger partial charge is 0.264 e. The lowest BCUT2D eigenvalue weighted by atomic mass is 10.1. The number of ether oxygens (including phenoxy) is 1. The molecule has 9 heteroatoms. The van der Waals surface area contributed by atoms with Crippen molar-refractivity contribution in [2.75, 3.05) is 18.0 Å². The minimum absolute atomic E-state index is 0.0797. The number of hydrogen-bond acceptors (Lipinski definition) is 5. The monoisotopic (exact) mass is 551 g/mol. The van der Waals surface area contributed by atoms with Crippen LogP contribution in [0.25, 0.3) is 0 Å². The van der Waals surface area contributed by atoms with Gasteiger partial charge in [-0.25, -0.2) is 8.42 Å². The summed E-state index contributed by atoms with van der Waals surface area (Å²) in [6.07, 6.45) is 0.358. The summed E-state index contributed by atoms with van der Waals surface area (Å²) in [5.74, 6) is -0.112. The first-order chi connectivity index (χ1) is 18.6. The average molecular weight is 552 g/mol. The van der Waals surface area contributed by atoms with E-state index in [0.717, 1.165) is 15.4 Å². The van der Waals surface area contributed by atoms with Crippen molar-refractivity contribution in [2.24, 2.45) is 0 Å². The molecule has 0 radical (unpaired) electrons. The molecule has 0 saturated carbocycles. The van der Waals surface area contributed by atoms with Crippen LogP contribution in [0.5, 0.6) is 5.75 Å². The Bertz CT molecular complexity index is 1340. The normalized spacial score (nSPS) is 12.1. The van der Waals surface area contributed by atoms with E-state index in [0.29, 0.717) is 17.9 Å². The van der Waals surface area contributed by atoms with E-state index in [1.165, 1.54) is 17.0 Å². The molecular formula is C30H37N3O5S. The Kier molecular flexibility index (Phi) is 10.1. The lowest BCUT2D eigenvalue weighted by Crippen LogP contribution is -2.53. The molecule has 0 bridgehead atoms. The molecule has 208 valence electrons. The van der Waals surface area contributed by atoms with Crippen LogP contribution in [-0.2, 0) is 26.2 Å². The molecule has 1 atom stereocenters. The summed E-state index contributed by atoms with van der Waals surface area (Å²) in [4.78, 5) is 28.7. The molecule has 0 aromatic heterocycles. The molecule has 3 aromatic rings. The lowest BCUT2D eigenvalue weighted by Gasteiger charge is -2.33. The highest BCUT2D eigenvalue weighted by molar-refractivity contribution is 7.92. The Hall–Kier alpha value is -3.85. The molecule has 2 amide bonds. The molecule has 8 nitrogen and oxygen atoms in total. The Morgan fingerprint density at radius 2 is 1.54 bits per heavy atom. The molecule has 3 rings (SSSR count). The minimum Gasteiger partial charge on any atom is -0.497 e. The highest BCUT2D eigenvalue weighted by Gasteiger charge is 2.33. The van der Waals surface area contributed by atoms with Gasteiger partial charge in [0.25, 0.3) is 10.0 Å². The van der Waals surface area contributed by atoms with Gasteiger partial charge in [-0.1, -0.05) is 55.0 Å². The van der Waals surface area contributed by atoms with Crippen molar-refractivity contribution >= 4 is 27.5 Å². The Morgan fingerprint density at radius 3 is 2.08 bits per heavy atom. The molecule has 3 aromatic carbocycles. The number of anilines is 1. The van der Waals surface area contributed by atoms with Crippen molar-refractivity contribution in [1.82, 2.24) is 10.2 Å². The van der Waals surface area contributed by atoms with E-state index in [2.05, 4.69) is 5.32 Å². The van der Waals surface area contributed by atoms with Gasteiger partial charge in [-0.05, 0) is 69.2 Å². The number of amides is 2. The number of aryl methyl sites for hydroxylation is 1. The highest BCUT2D eigenvalue weighted by atomic mass is 32.2. The van der Waals surface area contributed by atoms with Gasteiger partial charge in [0.2, 0.25) is 11.8 Å². The van der Waals surface area contributed by atoms with Crippen LogP contribution in [0.4, 0.5) is 5.69 Å². The predicted octanol–water partition coefficient (Wildman–Crippen LogP) is 4.53. The third-order valence-electron chi connectivity index (χ3n) is 6.26. The fourth-order valence-corrected chi connectivity index (χ4v) is 5.60. The number of rotatable bonds is 12. The second kappa shape index (κ2) is 13.3. The maximum absolute atomic E-state index is 14.0. The van der Waals surface area contributed by atoms with E-state index < -0.39 is 28.5 Å². The molecule has 0 heterocycles. The molecule has 0 aliphatic carbocycles. The maximum atomic E-state index is 14.0. The van der Waals surface area contributed by atoms with Crippen LogP contribution in [0, 0.1) is 6.92 Å². The van der Waals surface area contributed by atoms with E-state index in [4.69, 9.17) is 4.74 Å². The van der Waals surface area contributed by atoms with Gasteiger partial charge in [0, 0.05) is 12.6 Å². The summed E-state index contributed by atoms with van der Waals surface area (Å²) in [5.41, 5.74) is 2.06. The van der Waals surface area contributed by atoms with Gasteiger partial charge < -0.3 is 15.0 Å². The van der Waals surface area contributed by atoms with Crippen LogP contribution < -0.4 is 14.4 Å². The fraction of sp³-hybridized carbons (Fsp3) is 0.333. The van der Waals surface area contributed by atoms with Gasteiger partial charge in [0.05, 0.1) is 17.7 Å². The second-order valence-corrected chi connectivity index (χ2v) is 11.5. The number of nitrogens with one attached hydrogen (secondary N) is 1. The molecule has 39 heavy (non-hydrogen) atoms. The quantitative estimate of drug-likeness (QED) is 0.357. The number of para-hydroxylation sites is 1. The third-order valence-corrected chi connectivity index (χ3v) is 8.05. The van der Waals surface area contributed by atoms with Gasteiger partial charge in [0.1, 0.15) is 18.3 Å². The van der Waals surface area contributed by atoms with Gasteiger partial charge >= 0.3 is 0 Å². The summed E-state index contributed by atoms with van der Waals surface area (Å²) in [5, 5.41) is 2.89. The van der Waals surface area contributed by atoms with Crippen molar-refractivity contribution in [2.45, 2.75) is 57.6 Å². The Labute approximate surface area is 231 Å². The maximum Gasteiger partial charge on any atom is 0.264 e. The van der Waals surface area contributed by atoms with Crippen molar-refractivity contribution in [3.8, 4) is 5.75 Å². The molecule has 1 N–H and O–H groups in total. The van der Waals surface area contributed by atoms with Crippen LogP contribution in [-0.4, -0.2) is 50.9 Å². The molecule has 0 spiro atoms. The number of benzene rings is 3. The highest BCUT2D eigenvalue weighted by Crippen LogP contribution is 2.25. The number of methoxy groups -OCH3 is 1. The summed E-state index contributed by atoms with van der Waals surface area (Å²) in [7, 11) is -2.51. The zero-order valence-corrected chi connectivity index (χ0v) is 23.9. The van der Waals surface area contributed by atoms with Crippen LogP contribution >= 0.6 is 0 Å². The Balaban J connectivity index is 2.03. The number of nitrogens with zero attached hydrogens (tertiary/aromatic N) is 2. The van der Waals surface area contributed by atoms with Gasteiger partial charge in [-0.3, -0.25) is 13.9 Å². The van der Waals surface area contributed by atoms with Crippen molar-refractivity contribution in [3.63, 3.8) is 0 Å². The Morgan fingerprint density at radius 1 is 0.923 bits per heavy atom. The van der Waals surface area contributed by atoms with Gasteiger partial charge in [0.15, 0.2) is 0 Å². The number of hydrogen-bond donors (Lipinski definition) is 1. The standard InChI is InChI=1S/C30H37N3O5S/c1-6-28(30(35)31-22(2)3)32(20-24-14-16-26(38-5)17-15-24)29(34)21-33(25-10-8-7-9-11-25)39(36,37)27-18-12-23(4)13-19-27/h7-19,22,28H,6,20-21H2,1-5H3,(H,31,35). The van der Waals surface area contributed by atoms with E-state index in [9.17, 15) is 18.0 Å². The fourth-order valence-electron chi connectivity index (χ4n) is 4.19. The molecule has 0 aliphatic rings. The molecule has 1 unspecified atom stereocenters. The molecule has 0 aliphatic heterocycles. The number of carbonyl (C=O) groups excluding carboxylic acids is 2. The number of sulfonamides is 1. The van der Waals surface area contributed by atoms with Crippen molar-refractivity contribution in [3.05, 3.63) is 90.0 Å². The van der Waals surface area contributed by atoms with Crippen molar-refractivity contribution < 1.29 is 22.7 Å². The summed E-state index contributed by atoms with van der Waals surface area (Å²) < 4.78 is 34.0. The minimum atomic E-state index is -4.08. The van der Waals surface area contributed by atoms with Crippen LogP contribution in [0.1, 0.15) is 38.3 Å². The van der Waals surface area contributed by atoms with Crippen LogP contribution in [0.3, 0.4) is 0 Å². The molecule has 0 fully saturated rings. The second-order valence-electron chi connectivity index (χ2n) is 9.62. The average Bonchev–Trinajstić information content (AvgIpc) is 2.92. The van der Waals surface area contributed by atoms with E-state index >= 15 is 0 Å². The largest absolute Gasteiger partial charge is 0.497 e. The predicted molar refractivity (Wildman–Crippen MR) is 153 cm³/mol. The first-order valence-corrected chi connectivity index (χ1v) is 14.4. The summed E-state index contributed by atoms with van der Waals surface area (Å²) >= 11 is 0. The van der Waals surface area contributed by atoms with Crippen molar-refractivity contribution in [1.29, 1.82) is 0 Å². The first-order valence-electron chi connectivity index (χ1n) is 12.9. The SMILES string of the molecule is CCC(C(=O)NC(C)C)N(Cc1ccc(OC)cc1)C(=O)CN(c1ccccc1)S(=O)(=O)c1ccc(C)cc1. The van der Waals surface area contributed by atoms with E-state index in [1.807, 2.05) is 39.8 Å². The van der Waals surface area contributed by atoms with E-state index in [1.54, 1.807) is 61.7 Å². The first kappa shape index (κ1) is 29.7. The topological polar surface area (TPSA) is 96.0 Å². The summed E-state index contributed by atoms with van der Waals surface area (Å²) in [6, 6.07) is 21.3. The molecule has 0 saturated heterocycles. The van der Waals surface area contributed by atoms with Gasteiger partial charge in [-0.15, -0.1) is 0 Å². The van der Waals surface area contributed by atoms with Gasteiger partial charge in [-0.2, -0.15) is 0 Å². The number of carbonyl (C=O) groups is 2. The lowest BCUT2D eigenvalue weighted by molar-refractivity contribution is -0.140. The van der Waals surface area contributed by atoms with Crippen LogP contribution in [0.15, 0.2) is 83.8 Å². The summed E-state index contributed by atoms with van der Waals surface area (Å²) in [6.45, 7) is 7.06.